The Morgan fingerprint density at radius 1 is 1.23 bits per heavy atom. The molecule has 0 bridgehead atoms. The molecule has 1 saturated heterocycles. The first-order valence-corrected chi connectivity index (χ1v) is 5.13. The van der Waals surface area contributed by atoms with Gasteiger partial charge in [-0.1, -0.05) is 37.3 Å². The van der Waals surface area contributed by atoms with Crippen LogP contribution in [0, 0.1) is 5.92 Å². The lowest BCUT2D eigenvalue weighted by molar-refractivity contribution is 0.348. The molecule has 0 aliphatic carbocycles. The fourth-order valence-electron chi connectivity index (χ4n) is 2.14. The summed E-state index contributed by atoms with van der Waals surface area (Å²) in [6.07, 6.45) is 1.31. The van der Waals surface area contributed by atoms with E-state index < -0.39 is 0 Å². The Morgan fingerprint density at radius 2 is 2.00 bits per heavy atom. The van der Waals surface area contributed by atoms with E-state index in [4.69, 9.17) is 0 Å². The van der Waals surface area contributed by atoms with Crippen LogP contribution in [0.2, 0.25) is 0 Å². The summed E-state index contributed by atoms with van der Waals surface area (Å²) in [6, 6.07) is 10.8. The summed E-state index contributed by atoms with van der Waals surface area (Å²) in [5.74, 6) is 1.54. The molecule has 0 spiro atoms. The third kappa shape index (κ3) is 1.92. The Balaban J connectivity index is 2.15. The quantitative estimate of drug-likeness (QED) is 0.691. The molecule has 0 saturated carbocycles. The maximum Gasteiger partial charge on any atom is 0.00227 e. The second kappa shape index (κ2) is 3.93. The molecule has 0 radical (unpaired) electrons. The molecule has 1 heterocycles. The number of piperidine rings is 1. The van der Waals surface area contributed by atoms with Gasteiger partial charge in [0, 0.05) is 6.54 Å². The molecule has 1 aromatic rings. The van der Waals surface area contributed by atoms with Gasteiger partial charge in [0.1, 0.15) is 0 Å². The van der Waals surface area contributed by atoms with Crippen molar-refractivity contribution in [2.45, 2.75) is 19.3 Å². The summed E-state index contributed by atoms with van der Waals surface area (Å²) in [5, 5.41) is 3.46. The number of nitrogens with one attached hydrogen (secondary N) is 1. The van der Waals surface area contributed by atoms with Crippen LogP contribution in [0.3, 0.4) is 0 Å². The minimum absolute atomic E-state index is 0.718. The summed E-state index contributed by atoms with van der Waals surface area (Å²) in [6.45, 7) is 4.69. The van der Waals surface area contributed by atoms with E-state index in [0.29, 0.717) is 0 Å². The number of hydrogen-bond acceptors (Lipinski definition) is 1. The van der Waals surface area contributed by atoms with Crippen LogP contribution < -0.4 is 5.32 Å². The van der Waals surface area contributed by atoms with E-state index in [1.807, 2.05) is 0 Å². The van der Waals surface area contributed by atoms with Gasteiger partial charge in [0.15, 0.2) is 0 Å². The van der Waals surface area contributed by atoms with Crippen molar-refractivity contribution in [1.82, 2.24) is 5.32 Å². The van der Waals surface area contributed by atoms with Gasteiger partial charge < -0.3 is 5.32 Å². The molecule has 2 atom stereocenters. The van der Waals surface area contributed by atoms with Crippen molar-refractivity contribution in [2.75, 3.05) is 13.1 Å². The summed E-state index contributed by atoms with van der Waals surface area (Å²) in [7, 11) is 0. The molecule has 1 nitrogen and oxygen atoms in total. The highest BCUT2D eigenvalue weighted by molar-refractivity contribution is 5.21. The van der Waals surface area contributed by atoms with Gasteiger partial charge in [-0.25, -0.2) is 0 Å². The molecule has 1 heteroatoms. The van der Waals surface area contributed by atoms with Gasteiger partial charge in [0.25, 0.3) is 0 Å². The van der Waals surface area contributed by atoms with Crippen molar-refractivity contribution in [3.05, 3.63) is 35.9 Å². The zero-order chi connectivity index (χ0) is 9.10. The topological polar surface area (TPSA) is 12.0 Å². The highest BCUT2D eigenvalue weighted by Gasteiger charge is 2.21. The lowest BCUT2D eigenvalue weighted by Gasteiger charge is -2.29. The van der Waals surface area contributed by atoms with Crippen LogP contribution in [0.1, 0.15) is 24.8 Å². The predicted molar refractivity (Wildman–Crippen MR) is 55.8 cm³/mol. The summed E-state index contributed by atoms with van der Waals surface area (Å²) < 4.78 is 0. The molecule has 70 valence electrons. The van der Waals surface area contributed by atoms with Crippen LogP contribution >= 0.6 is 0 Å². The number of hydrogen-bond donors (Lipinski definition) is 1. The molecule has 1 fully saturated rings. The van der Waals surface area contributed by atoms with Gasteiger partial charge in [-0.15, -0.1) is 0 Å². The first-order chi connectivity index (χ1) is 6.38. The molecule has 1 aliphatic rings. The Labute approximate surface area is 80.2 Å². The van der Waals surface area contributed by atoms with Gasteiger partial charge in [0.05, 0.1) is 0 Å². The lowest BCUT2D eigenvalue weighted by Crippen LogP contribution is -2.33. The van der Waals surface area contributed by atoms with Crippen LogP contribution in [0.15, 0.2) is 30.3 Å². The molecular weight excluding hydrogens is 158 g/mol. The largest absolute Gasteiger partial charge is 0.316 e. The van der Waals surface area contributed by atoms with Crippen molar-refractivity contribution < 1.29 is 0 Å². The summed E-state index contributed by atoms with van der Waals surface area (Å²) in [5.41, 5.74) is 1.49. The molecule has 1 aliphatic heterocycles. The number of rotatable bonds is 1. The normalized spacial score (nSPS) is 28.7. The Bertz CT molecular complexity index is 255. The zero-order valence-corrected chi connectivity index (χ0v) is 8.16. The minimum atomic E-state index is 0.718. The molecule has 0 aromatic heterocycles. The number of benzene rings is 1. The minimum Gasteiger partial charge on any atom is -0.316 e. The van der Waals surface area contributed by atoms with Crippen molar-refractivity contribution in [3.63, 3.8) is 0 Å². The smallest absolute Gasteiger partial charge is 0.00227 e. The Kier molecular flexibility index (Phi) is 2.65. The van der Waals surface area contributed by atoms with Crippen LogP contribution in [-0.2, 0) is 0 Å². The maximum atomic E-state index is 3.46. The van der Waals surface area contributed by atoms with Gasteiger partial charge >= 0.3 is 0 Å². The van der Waals surface area contributed by atoms with E-state index in [1.54, 1.807) is 0 Å². The third-order valence-electron chi connectivity index (χ3n) is 3.06. The van der Waals surface area contributed by atoms with E-state index >= 15 is 0 Å². The highest BCUT2D eigenvalue weighted by Crippen LogP contribution is 2.28. The zero-order valence-electron chi connectivity index (χ0n) is 8.16. The molecule has 0 amide bonds. The van der Waals surface area contributed by atoms with Crippen molar-refractivity contribution in [3.8, 4) is 0 Å². The van der Waals surface area contributed by atoms with Crippen molar-refractivity contribution in [1.29, 1.82) is 0 Å². The fraction of sp³-hybridized carbons (Fsp3) is 0.500. The van der Waals surface area contributed by atoms with E-state index in [9.17, 15) is 0 Å². The van der Waals surface area contributed by atoms with Gasteiger partial charge in [0.2, 0.25) is 0 Å². The molecular formula is C12H17N. The van der Waals surface area contributed by atoms with Gasteiger partial charge in [-0.2, -0.15) is 0 Å². The van der Waals surface area contributed by atoms with Gasteiger partial charge in [-0.05, 0) is 30.4 Å². The highest BCUT2D eigenvalue weighted by atomic mass is 14.9. The van der Waals surface area contributed by atoms with E-state index in [2.05, 4.69) is 42.6 Å². The van der Waals surface area contributed by atoms with Crippen molar-refractivity contribution >= 4 is 0 Å². The Hall–Kier alpha value is -0.820. The first kappa shape index (κ1) is 8.76. The van der Waals surface area contributed by atoms with E-state index in [0.717, 1.165) is 18.4 Å². The average molecular weight is 175 g/mol. The molecule has 1 N–H and O–H groups in total. The second-order valence-electron chi connectivity index (χ2n) is 3.99. The SMILES string of the molecule is C[C@H]1CCNC[C@H]1c1ccccc1. The standard InChI is InChI=1S/C12H17N/c1-10-7-8-13-9-12(10)11-5-3-2-4-6-11/h2-6,10,12-13H,7-9H2,1H3/t10-,12+/m0/s1. The maximum absolute atomic E-state index is 3.46. The van der Waals surface area contributed by atoms with Crippen molar-refractivity contribution in [2.24, 2.45) is 5.92 Å². The fourth-order valence-corrected chi connectivity index (χ4v) is 2.14. The summed E-state index contributed by atoms with van der Waals surface area (Å²) >= 11 is 0. The van der Waals surface area contributed by atoms with Crippen LogP contribution in [0.25, 0.3) is 0 Å². The predicted octanol–water partition coefficient (Wildman–Crippen LogP) is 2.40. The van der Waals surface area contributed by atoms with E-state index in [-0.39, 0.29) is 0 Å². The van der Waals surface area contributed by atoms with Crippen LogP contribution in [0.4, 0.5) is 0 Å². The van der Waals surface area contributed by atoms with E-state index in [1.165, 1.54) is 18.5 Å². The molecule has 13 heavy (non-hydrogen) atoms. The van der Waals surface area contributed by atoms with Gasteiger partial charge in [-0.3, -0.25) is 0 Å². The third-order valence-corrected chi connectivity index (χ3v) is 3.06. The monoisotopic (exact) mass is 175 g/mol. The molecule has 1 aromatic carbocycles. The summed E-state index contributed by atoms with van der Waals surface area (Å²) in [4.78, 5) is 0. The second-order valence-corrected chi connectivity index (χ2v) is 3.99. The molecule has 0 unspecified atom stereocenters. The van der Waals surface area contributed by atoms with Crippen LogP contribution in [-0.4, -0.2) is 13.1 Å². The first-order valence-electron chi connectivity index (χ1n) is 5.13. The average Bonchev–Trinajstić information content (AvgIpc) is 2.20. The van der Waals surface area contributed by atoms with Crippen LogP contribution in [0.5, 0.6) is 0 Å². The Morgan fingerprint density at radius 3 is 2.69 bits per heavy atom. The lowest BCUT2D eigenvalue weighted by atomic mass is 9.83. The molecule has 2 rings (SSSR count).